The minimum absolute atomic E-state index is 0.0246. The van der Waals surface area contributed by atoms with Crippen molar-refractivity contribution in [1.82, 2.24) is 16.1 Å². The fourth-order valence-corrected chi connectivity index (χ4v) is 4.44. The average Bonchev–Trinajstić information content (AvgIpc) is 2.72. The number of carbonyl (C=O) groups excluding carboxylic acids is 1. The summed E-state index contributed by atoms with van der Waals surface area (Å²) in [4.78, 5) is 12.2. The molecule has 1 saturated carbocycles. The zero-order valence-electron chi connectivity index (χ0n) is 19.5. The zero-order valence-corrected chi connectivity index (χ0v) is 19.5. The molecule has 170 valence electrons. The van der Waals surface area contributed by atoms with Crippen LogP contribution in [0.25, 0.3) is 0 Å². The number of alkyl carbamates (subject to hydrolysis) is 1. The highest BCUT2D eigenvalue weighted by Gasteiger charge is 2.30. The lowest BCUT2D eigenvalue weighted by molar-refractivity contribution is 0.0832. The summed E-state index contributed by atoms with van der Waals surface area (Å²) in [5, 5.41) is 10.8. The molecule has 0 spiro atoms. The summed E-state index contributed by atoms with van der Waals surface area (Å²) in [5.74, 6) is 0.903. The molecule has 3 N–H and O–H groups in total. The maximum absolute atomic E-state index is 12.2. The van der Waals surface area contributed by atoms with Crippen LogP contribution in [-0.4, -0.2) is 31.5 Å². The van der Waals surface area contributed by atoms with Gasteiger partial charge in [-0.15, -0.1) is 0 Å². The van der Waals surface area contributed by atoms with E-state index in [1.807, 2.05) is 7.05 Å². The number of rotatable bonds is 7. The van der Waals surface area contributed by atoms with Gasteiger partial charge in [0.15, 0.2) is 0 Å². The van der Waals surface area contributed by atoms with E-state index in [9.17, 15) is 4.79 Å². The van der Waals surface area contributed by atoms with Crippen LogP contribution in [0.15, 0.2) is 40.6 Å². The molecular weight excluding hydrogens is 388 g/mol. The number of carbonyl (C=O) groups is 1. The molecule has 6 nitrogen and oxygen atoms in total. The van der Waals surface area contributed by atoms with Crippen LogP contribution in [0, 0.1) is 11.8 Å². The van der Waals surface area contributed by atoms with Gasteiger partial charge in [0.05, 0.1) is 5.71 Å². The van der Waals surface area contributed by atoms with Crippen LogP contribution >= 0.6 is 0 Å². The Labute approximate surface area is 186 Å². The number of hydrazone groups is 1. The number of ether oxygens (including phenoxy) is 1. The van der Waals surface area contributed by atoms with E-state index in [-0.39, 0.29) is 12.2 Å². The molecule has 1 amide bonds. The molecule has 2 aliphatic rings. The monoisotopic (exact) mass is 426 g/mol. The number of fused-ring (bicyclic) bond motifs is 1. The van der Waals surface area contributed by atoms with Crippen molar-refractivity contribution in [2.45, 2.75) is 71.9 Å². The van der Waals surface area contributed by atoms with Crippen LogP contribution in [0.4, 0.5) is 4.79 Å². The summed E-state index contributed by atoms with van der Waals surface area (Å²) in [6, 6.07) is 8.70. The molecule has 0 radical (unpaired) electrons. The molecule has 1 aliphatic carbocycles. The van der Waals surface area contributed by atoms with E-state index in [4.69, 9.17) is 9.84 Å². The molecule has 3 rings (SSSR count). The van der Waals surface area contributed by atoms with Gasteiger partial charge in [0, 0.05) is 24.7 Å². The van der Waals surface area contributed by atoms with E-state index >= 15 is 0 Å². The third-order valence-corrected chi connectivity index (χ3v) is 6.23. The van der Waals surface area contributed by atoms with E-state index in [1.54, 1.807) is 0 Å². The number of nitrogens with one attached hydrogen (secondary N) is 3. The quantitative estimate of drug-likeness (QED) is 0.590. The number of hydrogen-bond acceptors (Lipinski definition) is 5. The highest BCUT2D eigenvalue weighted by Crippen LogP contribution is 2.35. The first-order valence-corrected chi connectivity index (χ1v) is 11.7. The van der Waals surface area contributed by atoms with Gasteiger partial charge in [0.2, 0.25) is 0 Å². The summed E-state index contributed by atoms with van der Waals surface area (Å²) >= 11 is 0. The molecule has 2 atom stereocenters. The van der Waals surface area contributed by atoms with Crippen LogP contribution in [0.2, 0.25) is 0 Å². The first-order valence-electron chi connectivity index (χ1n) is 11.7. The van der Waals surface area contributed by atoms with Crippen molar-refractivity contribution in [3.8, 4) is 0 Å². The second-order valence-electron chi connectivity index (χ2n) is 9.15. The van der Waals surface area contributed by atoms with Crippen LogP contribution in [0.3, 0.4) is 0 Å². The van der Waals surface area contributed by atoms with Crippen molar-refractivity contribution in [2.24, 2.45) is 16.9 Å². The van der Waals surface area contributed by atoms with Crippen molar-refractivity contribution in [3.05, 3.63) is 46.7 Å². The third kappa shape index (κ3) is 6.57. The Balaban J connectivity index is 1.61. The minimum Gasteiger partial charge on any atom is -0.446 e. The summed E-state index contributed by atoms with van der Waals surface area (Å²) in [6.07, 6.45) is 5.39. The van der Waals surface area contributed by atoms with E-state index in [2.05, 4.69) is 61.1 Å². The second kappa shape index (κ2) is 11.3. The van der Waals surface area contributed by atoms with E-state index in [0.29, 0.717) is 18.4 Å². The predicted molar refractivity (Wildman–Crippen MR) is 126 cm³/mol. The molecule has 0 aromatic heterocycles. The maximum atomic E-state index is 12.2. The minimum atomic E-state index is -0.279. The lowest BCUT2D eigenvalue weighted by Gasteiger charge is -2.32. The van der Waals surface area contributed by atoms with Gasteiger partial charge >= 0.3 is 6.09 Å². The van der Waals surface area contributed by atoms with E-state index in [0.717, 1.165) is 56.5 Å². The van der Waals surface area contributed by atoms with Gasteiger partial charge in [0.1, 0.15) is 6.10 Å². The largest absolute Gasteiger partial charge is 0.446 e. The van der Waals surface area contributed by atoms with E-state index in [1.165, 1.54) is 16.7 Å². The Morgan fingerprint density at radius 1 is 1.23 bits per heavy atom. The Hall–Kier alpha value is -2.34. The molecule has 0 saturated heterocycles. The number of benzene rings is 1. The van der Waals surface area contributed by atoms with Crippen LogP contribution in [0.1, 0.15) is 70.4 Å². The number of nitrogens with zero attached hydrogens (tertiary/aromatic N) is 1. The molecule has 1 aliphatic heterocycles. The zero-order chi connectivity index (χ0) is 22.2. The molecule has 0 bridgehead atoms. The third-order valence-electron chi connectivity index (χ3n) is 6.23. The lowest BCUT2D eigenvalue weighted by Crippen LogP contribution is -2.33. The molecule has 1 heterocycles. The van der Waals surface area contributed by atoms with Gasteiger partial charge < -0.3 is 15.4 Å². The van der Waals surface area contributed by atoms with Crippen LogP contribution in [0.5, 0.6) is 0 Å². The van der Waals surface area contributed by atoms with Crippen molar-refractivity contribution in [1.29, 1.82) is 0 Å². The van der Waals surface area contributed by atoms with Gasteiger partial charge in [-0.25, -0.2) is 4.79 Å². The van der Waals surface area contributed by atoms with Gasteiger partial charge in [-0.1, -0.05) is 38.1 Å². The summed E-state index contributed by atoms with van der Waals surface area (Å²) in [5.41, 5.74) is 9.37. The van der Waals surface area contributed by atoms with Crippen molar-refractivity contribution in [3.63, 3.8) is 0 Å². The summed E-state index contributed by atoms with van der Waals surface area (Å²) in [6.45, 7) is 7.95. The average molecular weight is 427 g/mol. The van der Waals surface area contributed by atoms with Crippen LogP contribution in [-0.2, 0) is 11.3 Å². The Kier molecular flexibility index (Phi) is 8.52. The van der Waals surface area contributed by atoms with Crippen molar-refractivity contribution in [2.75, 3.05) is 13.6 Å². The highest BCUT2D eigenvalue weighted by molar-refractivity contribution is 6.04. The normalized spacial score (nSPS) is 21.5. The van der Waals surface area contributed by atoms with Crippen molar-refractivity contribution < 1.29 is 9.53 Å². The fourth-order valence-electron chi connectivity index (χ4n) is 4.44. The number of allylic oxidation sites excluding steroid dienone is 2. The SMILES string of the molecule is CNCc1ccc(C2=NNC(C)=C3CCC(OC(=O)NCCC(C)C)CCCC23)cc1. The van der Waals surface area contributed by atoms with Crippen LogP contribution < -0.4 is 16.1 Å². The van der Waals surface area contributed by atoms with Gasteiger partial charge in [-0.05, 0) is 75.1 Å². The molecule has 31 heavy (non-hydrogen) atoms. The molecule has 1 fully saturated rings. The standard InChI is InChI=1S/C25H38N4O2/c1-17(2)14-15-27-25(30)31-21-6-5-7-23-22(13-12-21)18(3)28-29-24(23)20-10-8-19(9-11-20)16-26-4/h8-11,17,21,23,26,28H,5-7,12-16H2,1-4H3,(H,27,30). The Bertz CT molecular complexity index is 798. The summed E-state index contributed by atoms with van der Waals surface area (Å²) in [7, 11) is 1.96. The van der Waals surface area contributed by atoms with Gasteiger partial charge in [0.25, 0.3) is 0 Å². The molecular formula is C25H38N4O2. The van der Waals surface area contributed by atoms with Gasteiger partial charge in [-0.2, -0.15) is 5.10 Å². The molecule has 1 aromatic rings. The first-order chi connectivity index (χ1) is 15.0. The Morgan fingerprint density at radius 3 is 2.71 bits per heavy atom. The molecule has 6 heteroatoms. The van der Waals surface area contributed by atoms with Crippen molar-refractivity contribution >= 4 is 11.8 Å². The molecule has 1 aromatic carbocycles. The fraction of sp³-hybridized carbons (Fsp3) is 0.600. The maximum Gasteiger partial charge on any atom is 0.407 e. The Morgan fingerprint density at radius 2 is 2.00 bits per heavy atom. The summed E-state index contributed by atoms with van der Waals surface area (Å²) < 4.78 is 5.74. The highest BCUT2D eigenvalue weighted by atomic mass is 16.6. The number of amides is 1. The molecule has 2 unspecified atom stereocenters. The van der Waals surface area contributed by atoms with E-state index < -0.39 is 0 Å². The topological polar surface area (TPSA) is 74.8 Å². The predicted octanol–water partition coefficient (Wildman–Crippen LogP) is 4.71. The van der Waals surface area contributed by atoms with Gasteiger partial charge in [-0.3, -0.25) is 5.43 Å². The smallest absolute Gasteiger partial charge is 0.407 e. The number of hydrogen-bond donors (Lipinski definition) is 3. The lowest BCUT2D eigenvalue weighted by atomic mass is 9.79. The first kappa shape index (κ1) is 23.3. The second-order valence-corrected chi connectivity index (χ2v) is 9.15.